The quantitative estimate of drug-likeness (QED) is 0.800. The number of amides is 2. The summed E-state index contributed by atoms with van der Waals surface area (Å²) in [6, 6.07) is 4.15. The van der Waals surface area contributed by atoms with E-state index in [0.29, 0.717) is 12.0 Å². The molecule has 2 aliphatic rings. The Hall–Kier alpha value is -1.36. The summed E-state index contributed by atoms with van der Waals surface area (Å²) >= 11 is 1.52. The Morgan fingerprint density at radius 1 is 1.24 bits per heavy atom. The maximum Gasteiger partial charge on any atom is 0.264 e. The van der Waals surface area contributed by atoms with Crippen LogP contribution in [0.25, 0.3) is 0 Å². The summed E-state index contributed by atoms with van der Waals surface area (Å²) in [4.78, 5) is 29.2. The fraction of sp³-hybridized carbons (Fsp3) is 0.625. The van der Waals surface area contributed by atoms with E-state index in [1.165, 1.54) is 11.3 Å². The lowest BCUT2D eigenvalue weighted by Gasteiger charge is -2.42. The lowest BCUT2D eigenvalue weighted by atomic mass is 9.88. The van der Waals surface area contributed by atoms with E-state index in [1.807, 2.05) is 22.4 Å². The molecule has 0 N–H and O–H groups in total. The number of carbonyl (C=O) groups excluding carboxylic acids is 2. The third-order valence-electron chi connectivity index (χ3n) is 4.76. The number of rotatable bonds is 1. The molecule has 4 nitrogen and oxygen atoms in total. The Bertz CT molecular complexity index is 514. The minimum Gasteiger partial charge on any atom is -0.343 e. The summed E-state index contributed by atoms with van der Waals surface area (Å²) in [5, 5.41) is 1.96. The second-order valence-corrected chi connectivity index (χ2v) is 7.00. The fourth-order valence-corrected chi connectivity index (χ4v) is 4.33. The summed E-state index contributed by atoms with van der Waals surface area (Å²) < 4.78 is 0. The number of hydrogen-bond donors (Lipinski definition) is 0. The molecular formula is C16H22N2O2S. The zero-order chi connectivity index (χ0) is 14.8. The highest BCUT2D eigenvalue weighted by atomic mass is 32.1. The Morgan fingerprint density at radius 3 is 2.81 bits per heavy atom. The van der Waals surface area contributed by atoms with E-state index in [4.69, 9.17) is 0 Å². The number of fused-ring (bicyclic) bond motifs is 1. The summed E-state index contributed by atoms with van der Waals surface area (Å²) in [5.41, 5.74) is 0. The zero-order valence-corrected chi connectivity index (χ0v) is 13.3. The van der Waals surface area contributed by atoms with Crippen LogP contribution in [0.4, 0.5) is 0 Å². The first-order chi connectivity index (χ1) is 10.2. The lowest BCUT2D eigenvalue weighted by molar-refractivity contribution is -0.131. The van der Waals surface area contributed by atoms with Crippen molar-refractivity contribution in [3.05, 3.63) is 22.4 Å². The molecule has 5 heteroatoms. The molecule has 114 valence electrons. The van der Waals surface area contributed by atoms with Gasteiger partial charge in [0, 0.05) is 32.6 Å². The Balaban J connectivity index is 1.78. The highest BCUT2D eigenvalue weighted by molar-refractivity contribution is 7.12. The van der Waals surface area contributed by atoms with Gasteiger partial charge in [-0.3, -0.25) is 9.59 Å². The van der Waals surface area contributed by atoms with E-state index >= 15 is 0 Å². The van der Waals surface area contributed by atoms with Crippen LogP contribution in [0.1, 0.15) is 42.3 Å². The lowest BCUT2D eigenvalue weighted by Crippen LogP contribution is -2.53. The average molecular weight is 306 g/mol. The first-order valence-corrected chi connectivity index (χ1v) is 8.65. The molecule has 0 aromatic carbocycles. The maximum atomic E-state index is 12.7. The fourth-order valence-electron chi connectivity index (χ4n) is 3.65. The Labute approximate surface area is 129 Å². The van der Waals surface area contributed by atoms with Crippen LogP contribution in [0.3, 0.4) is 0 Å². The molecule has 1 aromatic heterocycles. The van der Waals surface area contributed by atoms with Gasteiger partial charge in [0.05, 0.1) is 4.88 Å². The normalized spacial score (nSPS) is 26.1. The molecule has 3 rings (SSSR count). The minimum absolute atomic E-state index is 0.161. The topological polar surface area (TPSA) is 40.6 Å². The molecular weight excluding hydrogens is 284 g/mol. The van der Waals surface area contributed by atoms with Crippen molar-refractivity contribution in [2.75, 3.05) is 19.6 Å². The van der Waals surface area contributed by atoms with Gasteiger partial charge < -0.3 is 9.80 Å². The molecule has 0 spiro atoms. The van der Waals surface area contributed by atoms with Gasteiger partial charge in [0.1, 0.15) is 0 Å². The van der Waals surface area contributed by atoms with Gasteiger partial charge in [0.15, 0.2) is 0 Å². The maximum absolute atomic E-state index is 12.7. The second-order valence-electron chi connectivity index (χ2n) is 6.05. The molecule has 0 bridgehead atoms. The van der Waals surface area contributed by atoms with Gasteiger partial charge in [-0.1, -0.05) is 12.5 Å². The number of hydrogen-bond acceptors (Lipinski definition) is 3. The Morgan fingerprint density at radius 2 is 2.10 bits per heavy atom. The van der Waals surface area contributed by atoms with E-state index in [-0.39, 0.29) is 11.8 Å². The van der Waals surface area contributed by atoms with E-state index in [9.17, 15) is 9.59 Å². The monoisotopic (exact) mass is 306 g/mol. The van der Waals surface area contributed by atoms with E-state index < -0.39 is 0 Å². The van der Waals surface area contributed by atoms with Gasteiger partial charge >= 0.3 is 0 Å². The molecule has 21 heavy (non-hydrogen) atoms. The molecule has 2 amide bonds. The van der Waals surface area contributed by atoms with Crippen molar-refractivity contribution in [3.8, 4) is 0 Å². The number of thiophene rings is 1. The van der Waals surface area contributed by atoms with Crippen LogP contribution in [-0.2, 0) is 4.79 Å². The number of nitrogens with zero attached hydrogens (tertiary/aromatic N) is 2. The molecule has 0 aliphatic carbocycles. The first-order valence-electron chi connectivity index (χ1n) is 7.77. The van der Waals surface area contributed by atoms with Crippen molar-refractivity contribution in [1.29, 1.82) is 0 Å². The third-order valence-corrected chi connectivity index (χ3v) is 5.61. The van der Waals surface area contributed by atoms with Gasteiger partial charge in [-0.05, 0) is 36.6 Å². The van der Waals surface area contributed by atoms with Gasteiger partial charge in [0.25, 0.3) is 5.91 Å². The van der Waals surface area contributed by atoms with Crippen molar-refractivity contribution < 1.29 is 9.59 Å². The largest absolute Gasteiger partial charge is 0.343 e. The van der Waals surface area contributed by atoms with Gasteiger partial charge in [-0.2, -0.15) is 0 Å². The zero-order valence-electron chi connectivity index (χ0n) is 12.5. The summed E-state index contributed by atoms with van der Waals surface area (Å²) in [5.74, 6) is 0.779. The van der Waals surface area contributed by atoms with Crippen molar-refractivity contribution in [2.45, 2.75) is 38.6 Å². The van der Waals surface area contributed by atoms with Crippen LogP contribution < -0.4 is 0 Å². The number of likely N-dealkylation sites (tertiary alicyclic amines) is 2. The molecule has 2 atom stereocenters. The van der Waals surface area contributed by atoms with Crippen molar-refractivity contribution >= 4 is 23.2 Å². The van der Waals surface area contributed by atoms with Crippen molar-refractivity contribution in [1.82, 2.24) is 9.80 Å². The molecule has 2 aliphatic heterocycles. The van der Waals surface area contributed by atoms with Crippen molar-refractivity contribution in [3.63, 3.8) is 0 Å². The van der Waals surface area contributed by atoms with Gasteiger partial charge in [-0.15, -0.1) is 11.3 Å². The molecule has 1 aromatic rings. The van der Waals surface area contributed by atoms with Crippen LogP contribution in [0.2, 0.25) is 0 Å². The molecule has 0 unspecified atom stereocenters. The van der Waals surface area contributed by atoms with Crippen LogP contribution in [0, 0.1) is 5.92 Å². The summed E-state index contributed by atoms with van der Waals surface area (Å²) in [6.07, 6.45) is 4.27. The second kappa shape index (κ2) is 6.18. The van der Waals surface area contributed by atoms with E-state index in [1.54, 1.807) is 6.92 Å². The van der Waals surface area contributed by atoms with Crippen molar-refractivity contribution in [2.24, 2.45) is 5.92 Å². The van der Waals surface area contributed by atoms with Crippen LogP contribution in [-0.4, -0.2) is 47.3 Å². The smallest absolute Gasteiger partial charge is 0.264 e. The molecule has 2 fully saturated rings. The summed E-state index contributed by atoms with van der Waals surface area (Å²) in [7, 11) is 0. The Kier molecular flexibility index (Phi) is 4.29. The third kappa shape index (κ3) is 2.98. The predicted molar refractivity (Wildman–Crippen MR) is 83.4 cm³/mol. The standard InChI is InChI=1S/C16H22N2O2S/c1-12(19)17-9-7-14-13(11-17)5-2-3-8-18(14)16(20)15-6-4-10-21-15/h4,6,10,13-14H,2-3,5,7-9,11H2,1H3/t13-,14+/m0/s1. The molecule has 0 saturated carbocycles. The minimum atomic E-state index is 0.161. The van der Waals surface area contributed by atoms with Crippen LogP contribution in [0.5, 0.6) is 0 Å². The van der Waals surface area contributed by atoms with Crippen LogP contribution in [0.15, 0.2) is 17.5 Å². The number of piperidine rings is 1. The summed E-state index contributed by atoms with van der Waals surface area (Å²) in [6.45, 7) is 4.10. The van der Waals surface area contributed by atoms with E-state index in [2.05, 4.69) is 4.90 Å². The average Bonchev–Trinajstić information content (AvgIpc) is 2.93. The highest BCUT2D eigenvalue weighted by Crippen LogP contribution is 2.31. The SMILES string of the molecule is CC(=O)N1CC[C@@H]2[C@@H](CCCCN2C(=O)c2cccs2)C1. The highest BCUT2D eigenvalue weighted by Gasteiger charge is 2.37. The first kappa shape index (κ1) is 14.6. The van der Waals surface area contributed by atoms with Gasteiger partial charge in [0.2, 0.25) is 5.91 Å². The van der Waals surface area contributed by atoms with Gasteiger partial charge in [-0.25, -0.2) is 0 Å². The molecule has 2 saturated heterocycles. The number of carbonyl (C=O) groups is 2. The predicted octanol–water partition coefficient (Wildman–Crippen LogP) is 2.61. The van der Waals surface area contributed by atoms with Crippen LogP contribution >= 0.6 is 11.3 Å². The molecule has 3 heterocycles. The molecule has 0 radical (unpaired) electrons. The van der Waals surface area contributed by atoms with E-state index in [0.717, 1.165) is 50.2 Å².